The minimum Gasteiger partial charge on any atom is -0.478 e. The van der Waals surface area contributed by atoms with Gasteiger partial charge in [-0.15, -0.1) is 0 Å². The van der Waals surface area contributed by atoms with E-state index in [9.17, 15) is 9.59 Å². The molecule has 2 rings (SSSR count). The van der Waals surface area contributed by atoms with Crippen LogP contribution in [0, 0.1) is 0 Å². The minimum atomic E-state index is -0.970. The number of aromatic carboxylic acids is 1. The van der Waals surface area contributed by atoms with E-state index in [0.717, 1.165) is 10.0 Å². The van der Waals surface area contributed by atoms with Crippen LogP contribution >= 0.6 is 15.9 Å². The number of urea groups is 1. The smallest absolute Gasteiger partial charge is 0.335 e. The molecule has 0 aliphatic rings. The Kier molecular flexibility index (Phi) is 4.94. The summed E-state index contributed by atoms with van der Waals surface area (Å²) in [6, 6.07) is 13.3. The molecule has 2 aromatic carbocycles. The van der Waals surface area contributed by atoms with Crippen LogP contribution in [0.2, 0.25) is 0 Å². The molecule has 6 heteroatoms. The first-order chi connectivity index (χ1) is 10.0. The summed E-state index contributed by atoms with van der Waals surface area (Å²) in [4.78, 5) is 22.4. The molecule has 0 aromatic heterocycles. The molecule has 0 aliphatic heterocycles. The molecular weight excluding hydrogens is 336 g/mol. The predicted molar refractivity (Wildman–Crippen MR) is 83.4 cm³/mol. The third-order valence-electron chi connectivity index (χ3n) is 2.76. The highest BCUT2D eigenvalue weighted by molar-refractivity contribution is 9.10. The molecular formula is C15H13BrN2O3. The van der Waals surface area contributed by atoms with Crippen molar-refractivity contribution in [2.75, 3.05) is 5.32 Å². The summed E-state index contributed by atoms with van der Waals surface area (Å²) in [5.74, 6) is -0.970. The average molecular weight is 349 g/mol. The molecule has 0 heterocycles. The fraction of sp³-hybridized carbons (Fsp3) is 0.0667. The molecule has 3 N–H and O–H groups in total. The topological polar surface area (TPSA) is 78.4 Å². The van der Waals surface area contributed by atoms with E-state index in [1.807, 2.05) is 12.1 Å². The highest BCUT2D eigenvalue weighted by Crippen LogP contribution is 2.13. The Labute approximate surface area is 130 Å². The van der Waals surface area contributed by atoms with Gasteiger partial charge in [0, 0.05) is 16.7 Å². The fourth-order valence-corrected chi connectivity index (χ4v) is 1.92. The van der Waals surface area contributed by atoms with Crippen molar-refractivity contribution in [3.8, 4) is 0 Å². The number of carbonyl (C=O) groups excluding carboxylic acids is 1. The normalized spacial score (nSPS) is 9.95. The quantitative estimate of drug-likeness (QED) is 0.791. The summed E-state index contributed by atoms with van der Waals surface area (Å²) in [5.41, 5.74) is 1.74. The van der Waals surface area contributed by atoms with Gasteiger partial charge in [0.05, 0.1) is 5.56 Å². The van der Waals surface area contributed by atoms with E-state index >= 15 is 0 Å². The number of carbonyl (C=O) groups is 2. The fourth-order valence-electron chi connectivity index (χ4n) is 1.66. The second kappa shape index (κ2) is 6.90. The number of halogens is 1. The Hall–Kier alpha value is -2.34. The van der Waals surface area contributed by atoms with Gasteiger partial charge >= 0.3 is 12.0 Å². The minimum absolute atomic E-state index is 0.220. The molecule has 0 radical (unpaired) electrons. The molecule has 5 nitrogen and oxygen atoms in total. The molecule has 108 valence electrons. The zero-order chi connectivity index (χ0) is 15.2. The number of benzene rings is 2. The molecule has 0 aliphatic carbocycles. The van der Waals surface area contributed by atoms with Crippen molar-refractivity contribution in [3.05, 3.63) is 64.1 Å². The molecule has 2 aromatic rings. The zero-order valence-corrected chi connectivity index (χ0v) is 12.6. The molecule has 0 saturated heterocycles. The lowest BCUT2D eigenvalue weighted by Gasteiger charge is -2.08. The van der Waals surface area contributed by atoms with Crippen molar-refractivity contribution >= 4 is 33.6 Å². The first-order valence-electron chi connectivity index (χ1n) is 6.17. The number of carboxylic acid groups (broad SMARTS) is 1. The van der Waals surface area contributed by atoms with Gasteiger partial charge in [-0.3, -0.25) is 0 Å². The maximum Gasteiger partial charge on any atom is 0.335 e. The third-order valence-corrected chi connectivity index (χ3v) is 3.28. The van der Waals surface area contributed by atoms with E-state index in [4.69, 9.17) is 5.11 Å². The summed E-state index contributed by atoms with van der Waals surface area (Å²) in [5, 5.41) is 14.2. The van der Waals surface area contributed by atoms with Crippen LogP contribution in [0.1, 0.15) is 15.9 Å². The van der Waals surface area contributed by atoms with Crippen LogP contribution < -0.4 is 10.6 Å². The largest absolute Gasteiger partial charge is 0.478 e. The lowest BCUT2D eigenvalue weighted by molar-refractivity contribution is 0.0697. The monoisotopic (exact) mass is 348 g/mol. The van der Waals surface area contributed by atoms with E-state index in [1.54, 1.807) is 24.3 Å². The number of carboxylic acids is 1. The number of amides is 2. The number of hydrogen-bond donors (Lipinski definition) is 3. The number of hydrogen-bond acceptors (Lipinski definition) is 2. The molecule has 0 atom stereocenters. The maximum atomic E-state index is 11.7. The summed E-state index contributed by atoms with van der Waals surface area (Å²) >= 11 is 3.32. The van der Waals surface area contributed by atoms with E-state index in [1.165, 1.54) is 12.1 Å². The maximum absolute atomic E-state index is 11.7. The second-order valence-electron chi connectivity index (χ2n) is 4.32. The Bertz CT molecular complexity index is 639. The van der Waals surface area contributed by atoms with E-state index in [-0.39, 0.29) is 11.6 Å². The molecule has 0 bridgehead atoms. The van der Waals surface area contributed by atoms with Crippen LogP contribution in [-0.4, -0.2) is 17.1 Å². The first kappa shape index (κ1) is 15.1. The number of rotatable bonds is 4. The molecule has 21 heavy (non-hydrogen) atoms. The molecule has 2 amide bonds. The summed E-state index contributed by atoms with van der Waals surface area (Å²) < 4.78 is 0.937. The number of anilines is 1. The van der Waals surface area contributed by atoms with Crippen molar-refractivity contribution in [2.45, 2.75) is 6.54 Å². The van der Waals surface area contributed by atoms with E-state index in [0.29, 0.717) is 12.2 Å². The van der Waals surface area contributed by atoms with Gasteiger partial charge in [-0.1, -0.05) is 28.1 Å². The Morgan fingerprint density at radius 1 is 1.00 bits per heavy atom. The van der Waals surface area contributed by atoms with Gasteiger partial charge in [-0.05, 0) is 42.0 Å². The highest BCUT2D eigenvalue weighted by atomic mass is 79.9. The SMILES string of the molecule is O=C(NCc1ccc(C(=O)O)cc1)Nc1ccc(Br)cc1. The van der Waals surface area contributed by atoms with Crippen LogP contribution in [0.5, 0.6) is 0 Å². The Morgan fingerprint density at radius 3 is 2.19 bits per heavy atom. The molecule has 0 fully saturated rings. The first-order valence-corrected chi connectivity index (χ1v) is 6.96. The number of nitrogens with one attached hydrogen (secondary N) is 2. The molecule has 0 spiro atoms. The molecule has 0 unspecified atom stereocenters. The van der Waals surface area contributed by atoms with E-state index < -0.39 is 5.97 Å². The van der Waals surface area contributed by atoms with Crippen molar-refractivity contribution < 1.29 is 14.7 Å². The van der Waals surface area contributed by atoms with Crippen LogP contribution in [0.4, 0.5) is 10.5 Å². The van der Waals surface area contributed by atoms with Gasteiger partial charge in [0.15, 0.2) is 0 Å². The lowest BCUT2D eigenvalue weighted by Crippen LogP contribution is -2.28. The van der Waals surface area contributed by atoms with Crippen molar-refractivity contribution in [1.82, 2.24) is 5.32 Å². The third kappa shape index (κ3) is 4.61. The Morgan fingerprint density at radius 2 is 1.62 bits per heavy atom. The van der Waals surface area contributed by atoms with Crippen molar-refractivity contribution in [1.29, 1.82) is 0 Å². The van der Waals surface area contributed by atoms with Gasteiger partial charge in [0.2, 0.25) is 0 Å². The summed E-state index contributed by atoms with van der Waals surface area (Å²) in [6.07, 6.45) is 0. The predicted octanol–water partition coefficient (Wildman–Crippen LogP) is 3.47. The zero-order valence-electron chi connectivity index (χ0n) is 11.0. The molecule has 0 saturated carbocycles. The van der Waals surface area contributed by atoms with E-state index in [2.05, 4.69) is 26.6 Å². The Balaban J connectivity index is 1.86. The van der Waals surface area contributed by atoms with Crippen molar-refractivity contribution in [3.63, 3.8) is 0 Å². The van der Waals surface area contributed by atoms with Crippen LogP contribution in [-0.2, 0) is 6.54 Å². The van der Waals surface area contributed by atoms with Gasteiger partial charge in [-0.25, -0.2) is 9.59 Å². The van der Waals surface area contributed by atoms with Crippen LogP contribution in [0.3, 0.4) is 0 Å². The van der Waals surface area contributed by atoms with Gasteiger partial charge in [0.1, 0.15) is 0 Å². The lowest BCUT2D eigenvalue weighted by atomic mass is 10.1. The van der Waals surface area contributed by atoms with Crippen LogP contribution in [0.25, 0.3) is 0 Å². The van der Waals surface area contributed by atoms with Gasteiger partial charge in [-0.2, -0.15) is 0 Å². The van der Waals surface area contributed by atoms with Gasteiger partial charge < -0.3 is 15.7 Å². The van der Waals surface area contributed by atoms with Crippen molar-refractivity contribution in [2.24, 2.45) is 0 Å². The highest BCUT2D eigenvalue weighted by Gasteiger charge is 2.04. The summed E-state index contributed by atoms with van der Waals surface area (Å²) in [6.45, 7) is 0.322. The second-order valence-corrected chi connectivity index (χ2v) is 5.23. The van der Waals surface area contributed by atoms with Gasteiger partial charge in [0.25, 0.3) is 0 Å². The average Bonchev–Trinajstić information content (AvgIpc) is 2.48. The standard InChI is InChI=1S/C15H13BrN2O3/c16-12-5-7-13(8-6-12)18-15(21)17-9-10-1-3-11(4-2-10)14(19)20/h1-8H,9H2,(H,19,20)(H2,17,18,21). The summed E-state index contributed by atoms with van der Waals surface area (Å²) in [7, 11) is 0. The van der Waals surface area contributed by atoms with Crippen LogP contribution in [0.15, 0.2) is 53.0 Å².